The minimum absolute atomic E-state index is 0.929. The van der Waals surface area contributed by atoms with Gasteiger partial charge in [0.2, 0.25) is 0 Å². The zero-order valence-electron chi connectivity index (χ0n) is 23.3. The maximum absolute atomic E-state index is 6.31. The van der Waals surface area contributed by atoms with E-state index in [0.29, 0.717) is 0 Å². The fraction of sp³-hybridized carbons (Fsp3) is 0.0513. The standard InChI is InChI=1S/C39H25N3O/c1-5-16-32-24(10-1)21-36-39(40-31-15-4-7-18-34(31)42(32)36)25-11-9-12-26(20-25)41-33-17-6-2-13-27(33)29-23-38-30(22-35(29)41)28-14-3-8-19-37(28)43-38/h1,3-12,14-23H,2,13H2. The first-order valence-electron chi connectivity index (χ1n) is 14.9. The molecule has 0 fully saturated rings. The predicted molar refractivity (Wildman–Crippen MR) is 177 cm³/mol. The summed E-state index contributed by atoms with van der Waals surface area (Å²) >= 11 is 0. The monoisotopic (exact) mass is 551 g/mol. The number of nitrogens with zero attached hydrogens (tertiary/aromatic N) is 3. The number of fused-ring (bicyclic) bond motifs is 11. The molecule has 0 bridgehead atoms. The largest absolute Gasteiger partial charge is 0.456 e. The van der Waals surface area contributed by atoms with Crippen molar-refractivity contribution in [3.05, 3.63) is 133 Å². The summed E-state index contributed by atoms with van der Waals surface area (Å²) in [5.41, 5.74) is 13.3. The Morgan fingerprint density at radius 3 is 2.47 bits per heavy atom. The molecule has 1 aliphatic rings. The van der Waals surface area contributed by atoms with E-state index < -0.39 is 0 Å². The number of allylic oxidation sites excluding steroid dienone is 1. The van der Waals surface area contributed by atoms with Crippen LogP contribution in [0.4, 0.5) is 0 Å². The minimum atomic E-state index is 0.929. The molecule has 0 saturated carbocycles. The van der Waals surface area contributed by atoms with Crippen LogP contribution < -0.4 is 0 Å². The topological polar surface area (TPSA) is 35.4 Å². The van der Waals surface area contributed by atoms with Crippen molar-refractivity contribution in [1.82, 2.24) is 14.0 Å². The summed E-state index contributed by atoms with van der Waals surface area (Å²) in [5.74, 6) is 0. The van der Waals surface area contributed by atoms with Gasteiger partial charge in [-0.15, -0.1) is 0 Å². The van der Waals surface area contributed by atoms with Gasteiger partial charge in [0.05, 0.1) is 33.3 Å². The van der Waals surface area contributed by atoms with Gasteiger partial charge in [0.25, 0.3) is 0 Å². The molecule has 5 aromatic carbocycles. The zero-order valence-corrected chi connectivity index (χ0v) is 23.3. The lowest BCUT2D eigenvalue weighted by Crippen LogP contribution is -2.01. The fourth-order valence-corrected chi connectivity index (χ4v) is 7.25. The molecule has 10 rings (SSSR count). The van der Waals surface area contributed by atoms with Crippen LogP contribution in [0.2, 0.25) is 0 Å². The van der Waals surface area contributed by atoms with Crippen molar-refractivity contribution in [3.63, 3.8) is 0 Å². The average Bonchev–Trinajstić information content (AvgIpc) is 3.73. The number of para-hydroxylation sites is 4. The normalized spacial score (nSPS) is 13.3. The number of aryl methyl sites for hydroxylation is 1. The van der Waals surface area contributed by atoms with Crippen LogP contribution in [0.25, 0.3) is 83.3 Å². The van der Waals surface area contributed by atoms with E-state index in [1.807, 2.05) is 6.07 Å². The summed E-state index contributed by atoms with van der Waals surface area (Å²) in [7, 11) is 0. The van der Waals surface area contributed by atoms with Crippen LogP contribution in [-0.4, -0.2) is 14.0 Å². The summed E-state index contributed by atoms with van der Waals surface area (Å²) < 4.78 is 11.1. The summed E-state index contributed by atoms with van der Waals surface area (Å²) in [4.78, 5) is 5.25. The lowest BCUT2D eigenvalue weighted by atomic mass is 10.00. The predicted octanol–water partition coefficient (Wildman–Crippen LogP) is 10.1. The third-order valence-electron chi connectivity index (χ3n) is 9.13. The second-order valence-electron chi connectivity index (χ2n) is 11.5. The van der Waals surface area contributed by atoms with Crippen molar-refractivity contribution in [3.8, 4) is 16.9 Å². The number of aromatic nitrogens is 3. The lowest BCUT2D eigenvalue weighted by Gasteiger charge is -2.14. The van der Waals surface area contributed by atoms with Gasteiger partial charge in [-0.25, -0.2) is 4.98 Å². The van der Waals surface area contributed by atoms with Gasteiger partial charge in [-0.2, -0.15) is 0 Å². The lowest BCUT2D eigenvalue weighted by molar-refractivity contribution is 0.669. The van der Waals surface area contributed by atoms with E-state index in [4.69, 9.17) is 9.40 Å². The van der Waals surface area contributed by atoms with Crippen molar-refractivity contribution in [1.29, 1.82) is 0 Å². The van der Waals surface area contributed by atoms with E-state index in [2.05, 4.69) is 130 Å². The first kappa shape index (κ1) is 23.0. The molecule has 1 aliphatic carbocycles. The highest BCUT2D eigenvalue weighted by Crippen LogP contribution is 2.40. The van der Waals surface area contributed by atoms with Crippen molar-refractivity contribution >= 4 is 66.4 Å². The number of hydrogen-bond acceptors (Lipinski definition) is 2. The Morgan fingerprint density at radius 2 is 1.49 bits per heavy atom. The van der Waals surface area contributed by atoms with Crippen LogP contribution in [0, 0.1) is 0 Å². The smallest absolute Gasteiger partial charge is 0.136 e. The SMILES string of the molecule is C1=Cc2c(c3cc4oc5ccccc5c4cc3n2-c2cccc(-c3nc4ccccc4n4c3cc3ccccc34)c2)CC1. The first-order chi connectivity index (χ1) is 21.3. The summed E-state index contributed by atoms with van der Waals surface area (Å²) in [6.45, 7) is 0. The van der Waals surface area contributed by atoms with Crippen molar-refractivity contribution in [2.45, 2.75) is 12.8 Å². The molecule has 4 nitrogen and oxygen atoms in total. The van der Waals surface area contributed by atoms with Gasteiger partial charge in [0, 0.05) is 38.5 Å². The number of rotatable bonds is 2. The van der Waals surface area contributed by atoms with Gasteiger partial charge >= 0.3 is 0 Å². The number of benzene rings is 5. The van der Waals surface area contributed by atoms with Gasteiger partial charge < -0.3 is 13.4 Å². The molecule has 43 heavy (non-hydrogen) atoms. The quantitative estimate of drug-likeness (QED) is 0.214. The molecular weight excluding hydrogens is 526 g/mol. The summed E-state index contributed by atoms with van der Waals surface area (Å²) in [6.07, 6.45) is 6.65. The Balaban J connectivity index is 1.27. The van der Waals surface area contributed by atoms with E-state index >= 15 is 0 Å². The van der Waals surface area contributed by atoms with E-state index in [-0.39, 0.29) is 0 Å². The molecule has 4 aromatic heterocycles. The van der Waals surface area contributed by atoms with Crippen LogP contribution in [0.1, 0.15) is 17.7 Å². The zero-order chi connectivity index (χ0) is 28.1. The van der Waals surface area contributed by atoms with Gasteiger partial charge in [-0.3, -0.25) is 0 Å². The van der Waals surface area contributed by atoms with E-state index in [1.165, 1.54) is 33.1 Å². The maximum atomic E-state index is 6.31. The number of hydrogen-bond donors (Lipinski definition) is 0. The van der Waals surface area contributed by atoms with Gasteiger partial charge in [-0.1, -0.05) is 66.7 Å². The molecule has 0 atom stereocenters. The Labute approximate surface area is 246 Å². The molecule has 0 N–H and O–H groups in total. The van der Waals surface area contributed by atoms with Gasteiger partial charge in [0.1, 0.15) is 11.2 Å². The molecule has 4 heterocycles. The number of furan rings is 1. The molecule has 0 radical (unpaired) electrons. The molecule has 0 aliphatic heterocycles. The van der Waals surface area contributed by atoms with Crippen LogP contribution in [0.15, 0.2) is 126 Å². The molecule has 0 spiro atoms. The average molecular weight is 552 g/mol. The van der Waals surface area contributed by atoms with E-state index in [1.54, 1.807) is 0 Å². The summed E-state index contributed by atoms with van der Waals surface area (Å²) in [6, 6.07) is 41.1. The molecular formula is C39H25N3O. The van der Waals surface area contributed by atoms with E-state index in [0.717, 1.165) is 68.3 Å². The minimum Gasteiger partial charge on any atom is -0.456 e. The van der Waals surface area contributed by atoms with Crippen LogP contribution in [0.3, 0.4) is 0 Å². The van der Waals surface area contributed by atoms with Crippen molar-refractivity contribution in [2.24, 2.45) is 0 Å². The molecule has 0 saturated heterocycles. The van der Waals surface area contributed by atoms with Gasteiger partial charge in [0.15, 0.2) is 0 Å². The maximum Gasteiger partial charge on any atom is 0.136 e. The van der Waals surface area contributed by atoms with Crippen molar-refractivity contribution < 1.29 is 4.42 Å². The molecule has 0 amide bonds. The molecule has 4 heteroatoms. The highest BCUT2D eigenvalue weighted by atomic mass is 16.3. The van der Waals surface area contributed by atoms with Crippen LogP contribution in [0.5, 0.6) is 0 Å². The fourth-order valence-electron chi connectivity index (χ4n) is 7.25. The highest BCUT2D eigenvalue weighted by molar-refractivity contribution is 6.11. The molecule has 0 unspecified atom stereocenters. The van der Waals surface area contributed by atoms with Crippen molar-refractivity contribution in [2.75, 3.05) is 0 Å². The Bertz CT molecular complexity index is 2630. The Kier molecular flexibility index (Phi) is 4.53. The second-order valence-corrected chi connectivity index (χ2v) is 11.5. The van der Waals surface area contributed by atoms with E-state index in [9.17, 15) is 0 Å². The molecule has 202 valence electrons. The molecule has 9 aromatic rings. The third kappa shape index (κ3) is 3.18. The van der Waals surface area contributed by atoms with Crippen LogP contribution in [-0.2, 0) is 6.42 Å². The summed E-state index contributed by atoms with van der Waals surface area (Å²) in [5, 5.41) is 4.78. The second kappa shape index (κ2) is 8.46. The Hall–Kier alpha value is -5.61. The highest BCUT2D eigenvalue weighted by Gasteiger charge is 2.22. The van der Waals surface area contributed by atoms with Crippen LogP contribution >= 0.6 is 0 Å². The first-order valence-corrected chi connectivity index (χ1v) is 14.9. The third-order valence-corrected chi connectivity index (χ3v) is 9.13. The Morgan fingerprint density at radius 1 is 0.628 bits per heavy atom. The van der Waals surface area contributed by atoms with Gasteiger partial charge in [-0.05, 0) is 79.1 Å².